The van der Waals surface area contributed by atoms with E-state index < -0.39 is 15.9 Å². The maximum atomic E-state index is 12.7. The van der Waals surface area contributed by atoms with Crippen molar-refractivity contribution in [1.29, 1.82) is 0 Å². The van der Waals surface area contributed by atoms with Gasteiger partial charge in [-0.25, -0.2) is 17.7 Å². The number of rotatable bonds is 5. The first-order valence-electron chi connectivity index (χ1n) is 9.01. The Balaban J connectivity index is 1.55. The van der Waals surface area contributed by atoms with Crippen molar-refractivity contribution < 1.29 is 17.9 Å². The molecule has 0 fully saturated rings. The van der Waals surface area contributed by atoms with Crippen LogP contribution in [0.5, 0.6) is 5.75 Å². The minimum absolute atomic E-state index is 0.0531. The van der Waals surface area contributed by atoms with Crippen molar-refractivity contribution in [3.63, 3.8) is 0 Å². The normalized spacial score (nSPS) is 13.2. The van der Waals surface area contributed by atoms with Crippen LogP contribution in [0.4, 0.5) is 5.13 Å². The zero-order valence-corrected chi connectivity index (χ0v) is 18.6. The van der Waals surface area contributed by atoms with Crippen molar-refractivity contribution in [3.05, 3.63) is 57.9 Å². The molecule has 1 aliphatic heterocycles. The molecule has 0 radical (unpaired) electrons. The lowest BCUT2D eigenvalue weighted by atomic mass is 10.1. The second-order valence-electron chi connectivity index (χ2n) is 6.85. The Bertz CT molecular complexity index is 1240. The summed E-state index contributed by atoms with van der Waals surface area (Å²) in [6.45, 7) is 0.684. The number of nitrogens with zero attached hydrogens (tertiary/aromatic N) is 2. The summed E-state index contributed by atoms with van der Waals surface area (Å²) in [5.41, 5.74) is 3.01. The lowest BCUT2D eigenvalue weighted by molar-refractivity contribution is 0.102. The van der Waals surface area contributed by atoms with Gasteiger partial charge in [0.15, 0.2) is 5.13 Å². The summed E-state index contributed by atoms with van der Waals surface area (Å²) < 4.78 is 31.4. The standard InChI is InChI=1S/C20H18ClN3O4S2/c1-24(2)30(26,27)18-10-14(3-5-15(18)21)19(25)23-20-22-16(11-29-20)12-4-6-17-13(9-12)7-8-28-17/h3-6,9-11H,7-8H2,1-2H3,(H,22,23,25). The van der Waals surface area contributed by atoms with Crippen molar-refractivity contribution in [1.82, 2.24) is 9.29 Å². The van der Waals surface area contributed by atoms with Crippen LogP contribution in [0.3, 0.4) is 0 Å². The predicted octanol–water partition coefficient (Wildman–Crippen LogP) is 3.90. The molecule has 7 nitrogen and oxygen atoms in total. The topological polar surface area (TPSA) is 88.6 Å². The molecular formula is C20H18ClN3O4S2. The molecule has 0 saturated carbocycles. The molecule has 2 heterocycles. The number of aromatic nitrogens is 1. The Morgan fingerprint density at radius 2 is 2.03 bits per heavy atom. The Morgan fingerprint density at radius 3 is 2.80 bits per heavy atom. The van der Waals surface area contributed by atoms with Crippen LogP contribution in [0, 0.1) is 0 Å². The highest BCUT2D eigenvalue weighted by Gasteiger charge is 2.23. The number of ether oxygens (including phenoxy) is 1. The highest BCUT2D eigenvalue weighted by molar-refractivity contribution is 7.89. The third-order valence-corrected chi connectivity index (χ3v) is 7.72. The maximum absolute atomic E-state index is 12.7. The van der Waals surface area contributed by atoms with Crippen LogP contribution in [-0.2, 0) is 16.4 Å². The van der Waals surface area contributed by atoms with Crippen LogP contribution in [-0.4, -0.2) is 44.3 Å². The number of fused-ring (bicyclic) bond motifs is 1. The van der Waals surface area contributed by atoms with Gasteiger partial charge < -0.3 is 4.74 Å². The van der Waals surface area contributed by atoms with Crippen LogP contribution >= 0.6 is 22.9 Å². The number of anilines is 1. The van der Waals surface area contributed by atoms with Crippen LogP contribution in [0.1, 0.15) is 15.9 Å². The van der Waals surface area contributed by atoms with Gasteiger partial charge in [-0.1, -0.05) is 11.6 Å². The van der Waals surface area contributed by atoms with Gasteiger partial charge in [0.25, 0.3) is 5.91 Å². The van der Waals surface area contributed by atoms with Crippen molar-refractivity contribution in [2.45, 2.75) is 11.3 Å². The van der Waals surface area contributed by atoms with Gasteiger partial charge in [0, 0.05) is 37.0 Å². The molecule has 30 heavy (non-hydrogen) atoms. The quantitative estimate of drug-likeness (QED) is 0.619. The van der Waals surface area contributed by atoms with E-state index in [0.29, 0.717) is 11.7 Å². The summed E-state index contributed by atoms with van der Waals surface area (Å²) in [5, 5.41) is 5.05. The minimum Gasteiger partial charge on any atom is -0.493 e. The first-order valence-corrected chi connectivity index (χ1v) is 11.7. The summed E-state index contributed by atoms with van der Waals surface area (Å²) in [5.74, 6) is 0.429. The molecule has 0 aliphatic carbocycles. The van der Waals surface area contributed by atoms with E-state index in [1.165, 1.54) is 43.6 Å². The molecule has 1 aromatic heterocycles. The number of carbonyl (C=O) groups is 1. The molecule has 0 spiro atoms. The minimum atomic E-state index is -3.78. The van der Waals surface area contributed by atoms with Gasteiger partial charge in [-0.3, -0.25) is 10.1 Å². The lowest BCUT2D eigenvalue weighted by Gasteiger charge is -2.13. The average molecular weight is 464 g/mol. The van der Waals surface area contributed by atoms with E-state index in [4.69, 9.17) is 16.3 Å². The van der Waals surface area contributed by atoms with E-state index in [2.05, 4.69) is 10.3 Å². The van der Waals surface area contributed by atoms with Crippen molar-refractivity contribution >= 4 is 44.0 Å². The van der Waals surface area contributed by atoms with Gasteiger partial charge in [0.2, 0.25) is 10.0 Å². The number of hydrogen-bond donors (Lipinski definition) is 1. The lowest BCUT2D eigenvalue weighted by Crippen LogP contribution is -2.23. The van der Waals surface area contributed by atoms with Crippen LogP contribution < -0.4 is 10.1 Å². The van der Waals surface area contributed by atoms with Crippen molar-refractivity contribution in [2.24, 2.45) is 0 Å². The molecule has 10 heteroatoms. The van der Waals surface area contributed by atoms with Gasteiger partial charge in [-0.05, 0) is 42.0 Å². The number of carbonyl (C=O) groups excluding carboxylic acids is 1. The Kier molecular flexibility index (Phi) is 5.54. The van der Waals surface area contributed by atoms with Crippen LogP contribution in [0.25, 0.3) is 11.3 Å². The number of sulfonamides is 1. The fraction of sp³-hybridized carbons (Fsp3) is 0.200. The molecule has 2 aromatic carbocycles. The third kappa shape index (κ3) is 3.93. The zero-order valence-electron chi connectivity index (χ0n) is 16.2. The van der Waals surface area contributed by atoms with Gasteiger partial charge in [-0.2, -0.15) is 0 Å². The summed E-state index contributed by atoms with van der Waals surface area (Å²) in [7, 11) is -0.969. The van der Waals surface area contributed by atoms with Crippen molar-refractivity contribution in [3.8, 4) is 17.0 Å². The summed E-state index contributed by atoms with van der Waals surface area (Å²) in [6.07, 6.45) is 0.867. The molecule has 0 unspecified atom stereocenters. The van der Waals surface area contributed by atoms with Gasteiger partial charge in [0.1, 0.15) is 10.6 Å². The molecule has 1 amide bonds. The van der Waals surface area contributed by atoms with E-state index in [1.54, 1.807) is 0 Å². The fourth-order valence-electron chi connectivity index (χ4n) is 3.02. The smallest absolute Gasteiger partial charge is 0.257 e. The number of halogens is 1. The fourth-order valence-corrected chi connectivity index (χ4v) is 5.13. The maximum Gasteiger partial charge on any atom is 0.257 e. The number of nitrogens with one attached hydrogen (secondary N) is 1. The van der Waals surface area contributed by atoms with E-state index in [1.807, 2.05) is 23.6 Å². The first-order chi connectivity index (χ1) is 14.3. The predicted molar refractivity (Wildman–Crippen MR) is 117 cm³/mol. The Morgan fingerprint density at radius 1 is 1.23 bits per heavy atom. The molecular weight excluding hydrogens is 446 g/mol. The average Bonchev–Trinajstić information content (AvgIpc) is 3.36. The van der Waals surface area contributed by atoms with Crippen LogP contribution in [0.15, 0.2) is 46.7 Å². The Hall–Kier alpha value is -2.46. The molecule has 0 saturated heterocycles. The highest BCUT2D eigenvalue weighted by Crippen LogP contribution is 2.32. The molecule has 4 rings (SSSR count). The second-order valence-corrected chi connectivity index (χ2v) is 10.2. The highest BCUT2D eigenvalue weighted by atomic mass is 35.5. The first kappa shape index (κ1) is 20.8. The number of amides is 1. The SMILES string of the molecule is CN(C)S(=O)(=O)c1cc(C(=O)Nc2nc(-c3ccc4c(c3)CCO4)cs2)ccc1Cl. The monoisotopic (exact) mass is 463 g/mol. The van der Waals surface area contributed by atoms with Gasteiger partial charge >= 0.3 is 0 Å². The van der Waals surface area contributed by atoms with E-state index in [-0.39, 0.29) is 15.5 Å². The number of thiazole rings is 1. The zero-order chi connectivity index (χ0) is 21.5. The van der Waals surface area contributed by atoms with Crippen LogP contribution in [0.2, 0.25) is 5.02 Å². The molecule has 0 atom stereocenters. The third-order valence-electron chi connectivity index (χ3n) is 4.66. The Labute approximate surface area is 183 Å². The molecule has 1 aliphatic rings. The molecule has 1 N–H and O–H groups in total. The van der Waals surface area contributed by atoms with Gasteiger partial charge in [0.05, 0.1) is 17.3 Å². The molecule has 0 bridgehead atoms. The van der Waals surface area contributed by atoms with Crippen molar-refractivity contribution in [2.75, 3.05) is 26.0 Å². The van der Waals surface area contributed by atoms with E-state index >= 15 is 0 Å². The molecule has 3 aromatic rings. The summed E-state index contributed by atoms with van der Waals surface area (Å²) >= 11 is 7.34. The summed E-state index contributed by atoms with van der Waals surface area (Å²) in [4.78, 5) is 17.0. The second kappa shape index (κ2) is 7.99. The van der Waals surface area contributed by atoms with E-state index in [0.717, 1.165) is 33.3 Å². The van der Waals surface area contributed by atoms with Gasteiger partial charge in [-0.15, -0.1) is 11.3 Å². The number of benzene rings is 2. The number of hydrogen-bond acceptors (Lipinski definition) is 6. The summed E-state index contributed by atoms with van der Waals surface area (Å²) in [6, 6.07) is 10.0. The molecule has 156 valence electrons. The van der Waals surface area contributed by atoms with E-state index in [9.17, 15) is 13.2 Å². The largest absolute Gasteiger partial charge is 0.493 e.